The number of hydrogen-bond acceptors (Lipinski definition) is 2. The molecule has 0 radical (unpaired) electrons. The van der Waals surface area contributed by atoms with Crippen LogP contribution in [0, 0.1) is 0 Å². The van der Waals surface area contributed by atoms with Crippen molar-refractivity contribution in [3.8, 4) is 0 Å². The largest absolute Gasteiger partial charge is 0.393 e. The van der Waals surface area contributed by atoms with E-state index in [2.05, 4.69) is 29.2 Å². The van der Waals surface area contributed by atoms with Crippen molar-refractivity contribution < 1.29 is 5.11 Å². The van der Waals surface area contributed by atoms with Crippen molar-refractivity contribution in [2.24, 2.45) is 0 Å². The molecule has 0 saturated heterocycles. The number of fused-ring (bicyclic) bond motifs is 1. The molecule has 2 heteroatoms. The van der Waals surface area contributed by atoms with E-state index in [0.717, 1.165) is 19.5 Å². The third-order valence-electron chi connectivity index (χ3n) is 3.02. The molecule has 1 aromatic rings. The molecule has 0 spiro atoms. The summed E-state index contributed by atoms with van der Waals surface area (Å²) in [4.78, 5) is 2.39. The Morgan fingerprint density at radius 3 is 3.00 bits per heavy atom. The van der Waals surface area contributed by atoms with Gasteiger partial charge in [0.05, 0.1) is 6.10 Å². The lowest BCUT2D eigenvalue weighted by molar-refractivity contribution is 0.186. The van der Waals surface area contributed by atoms with Crippen LogP contribution in [-0.4, -0.2) is 24.3 Å². The van der Waals surface area contributed by atoms with Gasteiger partial charge in [0, 0.05) is 18.8 Å². The molecule has 1 N–H and O–H groups in total. The zero-order valence-electron chi connectivity index (χ0n) is 9.32. The number of para-hydroxylation sites is 1. The molecule has 2 rings (SSSR count). The van der Waals surface area contributed by atoms with Crippen molar-refractivity contribution in [1.29, 1.82) is 0 Å². The quantitative estimate of drug-likeness (QED) is 0.817. The molecule has 2 nitrogen and oxygen atoms in total. The highest BCUT2D eigenvalue weighted by molar-refractivity contribution is 5.55. The van der Waals surface area contributed by atoms with Crippen LogP contribution in [0.15, 0.2) is 24.3 Å². The van der Waals surface area contributed by atoms with E-state index < -0.39 is 0 Å². The summed E-state index contributed by atoms with van der Waals surface area (Å²) in [5, 5.41) is 9.30. The summed E-state index contributed by atoms with van der Waals surface area (Å²) < 4.78 is 0. The molecule has 0 saturated carbocycles. The highest BCUT2D eigenvalue weighted by atomic mass is 16.3. The average Bonchev–Trinajstić information content (AvgIpc) is 2.26. The minimum absolute atomic E-state index is 0.195. The van der Waals surface area contributed by atoms with Crippen LogP contribution in [0.1, 0.15) is 25.3 Å². The number of anilines is 1. The molecule has 0 bridgehead atoms. The Hall–Kier alpha value is -1.02. The van der Waals surface area contributed by atoms with Crippen LogP contribution >= 0.6 is 0 Å². The summed E-state index contributed by atoms with van der Waals surface area (Å²) in [7, 11) is 0. The monoisotopic (exact) mass is 205 g/mol. The Morgan fingerprint density at radius 1 is 1.40 bits per heavy atom. The van der Waals surface area contributed by atoms with E-state index in [1.54, 1.807) is 0 Å². The molecule has 15 heavy (non-hydrogen) atoms. The number of aliphatic hydroxyl groups is 1. The predicted molar refractivity (Wildman–Crippen MR) is 63.3 cm³/mol. The van der Waals surface area contributed by atoms with Gasteiger partial charge in [-0.05, 0) is 37.8 Å². The van der Waals surface area contributed by atoms with Gasteiger partial charge in [-0.25, -0.2) is 0 Å². The molecular weight excluding hydrogens is 186 g/mol. The lowest BCUT2D eigenvalue weighted by Crippen LogP contribution is -2.31. The summed E-state index contributed by atoms with van der Waals surface area (Å²) in [6, 6.07) is 8.61. The van der Waals surface area contributed by atoms with E-state index in [1.807, 2.05) is 6.92 Å². The van der Waals surface area contributed by atoms with Gasteiger partial charge in [-0.1, -0.05) is 18.2 Å². The van der Waals surface area contributed by atoms with E-state index in [-0.39, 0.29) is 6.10 Å². The lowest BCUT2D eigenvalue weighted by Gasteiger charge is -2.31. The van der Waals surface area contributed by atoms with E-state index in [1.165, 1.54) is 24.1 Å². The highest BCUT2D eigenvalue weighted by Gasteiger charge is 2.15. The van der Waals surface area contributed by atoms with Crippen molar-refractivity contribution in [2.75, 3.05) is 18.0 Å². The Balaban J connectivity index is 2.08. The van der Waals surface area contributed by atoms with Gasteiger partial charge < -0.3 is 10.0 Å². The third kappa shape index (κ3) is 2.51. The Bertz CT molecular complexity index is 322. The van der Waals surface area contributed by atoms with Gasteiger partial charge >= 0.3 is 0 Å². The van der Waals surface area contributed by atoms with Crippen LogP contribution in [-0.2, 0) is 6.42 Å². The van der Waals surface area contributed by atoms with Crippen molar-refractivity contribution in [3.05, 3.63) is 29.8 Å². The first kappa shape index (κ1) is 10.5. The number of rotatable bonds is 3. The normalized spacial score (nSPS) is 17.3. The van der Waals surface area contributed by atoms with Gasteiger partial charge in [0.2, 0.25) is 0 Å². The van der Waals surface area contributed by atoms with Gasteiger partial charge in [-0.2, -0.15) is 0 Å². The molecule has 1 aliphatic heterocycles. The van der Waals surface area contributed by atoms with Gasteiger partial charge in [-0.15, -0.1) is 0 Å². The van der Waals surface area contributed by atoms with Crippen LogP contribution in [0.5, 0.6) is 0 Å². The van der Waals surface area contributed by atoms with Crippen molar-refractivity contribution in [2.45, 2.75) is 32.3 Å². The SMILES string of the molecule is CC(O)CCN1CCCc2ccccc21. The van der Waals surface area contributed by atoms with Gasteiger partial charge in [-0.3, -0.25) is 0 Å². The van der Waals surface area contributed by atoms with Crippen molar-refractivity contribution >= 4 is 5.69 Å². The number of aliphatic hydroxyl groups excluding tert-OH is 1. The molecule has 0 amide bonds. The first-order valence-electron chi connectivity index (χ1n) is 5.78. The maximum Gasteiger partial charge on any atom is 0.0528 e. The average molecular weight is 205 g/mol. The topological polar surface area (TPSA) is 23.5 Å². The van der Waals surface area contributed by atoms with Crippen LogP contribution in [0.3, 0.4) is 0 Å². The number of benzene rings is 1. The molecule has 1 aliphatic rings. The van der Waals surface area contributed by atoms with E-state index in [0.29, 0.717) is 0 Å². The van der Waals surface area contributed by atoms with Crippen LogP contribution in [0.4, 0.5) is 5.69 Å². The van der Waals surface area contributed by atoms with Gasteiger partial charge in [0.15, 0.2) is 0 Å². The highest BCUT2D eigenvalue weighted by Crippen LogP contribution is 2.26. The first-order chi connectivity index (χ1) is 7.27. The maximum atomic E-state index is 9.30. The number of nitrogens with zero attached hydrogens (tertiary/aromatic N) is 1. The van der Waals surface area contributed by atoms with Crippen LogP contribution < -0.4 is 4.90 Å². The minimum atomic E-state index is -0.195. The molecule has 0 aliphatic carbocycles. The van der Waals surface area contributed by atoms with Crippen molar-refractivity contribution in [3.63, 3.8) is 0 Å². The summed E-state index contributed by atoms with van der Waals surface area (Å²) in [5.41, 5.74) is 2.82. The standard InChI is InChI=1S/C13H19NO/c1-11(15)8-10-14-9-4-6-12-5-2-3-7-13(12)14/h2-3,5,7,11,15H,4,6,8-10H2,1H3. The second-order valence-electron chi connectivity index (χ2n) is 4.36. The molecule has 0 fully saturated rings. The minimum Gasteiger partial charge on any atom is -0.393 e. The summed E-state index contributed by atoms with van der Waals surface area (Å²) >= 11 is 0. The maximum absolute atomic E-state index is 9.30. The Kier molecular flexibility index (Phi) is 3.27. The molecule has 1 atom stereocenters. The second-order valence-corrected chi connectivity index (χ2v) is 4.36. The number of aryl methyl sites for hydroxylation is 1. The molecular formula is C13H19NO. The molecule has 1 heterocycles. The fraction of sp³-hybridized carbons (Fsp3) is 0.538. The lowest BCUT2D eigenvalue weighted by atomic mass is 10.0. The molecule has 1 unspecified atom stereocenters. The molecule has 82 valence electrons. The Labute approximate surface area is 91.5 Å². The fourth-order valence-corrected chi connectivity index (χ4v) is 2.19. The predicted octanol–water partition coefficient (Wildman–Crippen LogP) is 2.21. The molecule has 0 aromatic heterocycles. The first-order valence-corrected chi connectivity index (χ1v) is 5.78. The van der Waals surface area contributed by atoms with Crippen molar-refractivity contribution in [1.82, 2.24) is 0 Å². The fourth-order valence-electron chi connectivity index (χ4n) is 2.19. The Morgan fingerprint density at radius 2 is 2.20 bits per heavy atom. The zero-order chi connectivity index (χ0) is 10.7. The number of hydrogen-bond donors (Lipinski definition) is 1. The zero-order valence-corrected chi connectivity index (χ0v) is 9.32. The van der Waals surface area contributed by atoms with Gasteiger partial charge in [0.25, 0.3) is 0 Å². The molecule has 1 aromatic carbocycles. The van der Waals surface area contributed by atoms with E-state index in [9.17, 15) is 5.11 Å². The third-order valence-corrected chi connectivity index (χ3v) is 3.02. The second kappa shape index (κ2) is 4.67. The van der Waals surface area contributed by atoms with Gasteiger partial charge in [0.1, 0.15) is 0 Å². The van der Waals surface area contributed by atoms with Crippen LogP contribution in [0.25, 0.3) is 0 Å². The van der Waals surface area contributed by atoms with Crippen LogP contribution in [0.2, 0.25) is 0 Å². The summed E-state index contributed by atoms with van der Waals surface area (Å²) in [6.07, 6.45) is 3.09. The smallest absolute Gasteiger partial charge is 0.0528 e. The summed E-state index contributed by atoms with van der Waals surface area (Å²) in [5.74, 6) is 0. The van der Waals surface area contributed by atoms with E-state index >= 15 is 0 Å². The van der Waals surface area contributed by atoms with E-state index in [4.69, 9.17) is 0 Å². The summed E-state index contributed by atoms with van der Waals surface area (Å²) in [6.45, 7) is 3.95.